The number of carbonyl (C=O) groups is 1. The molecule has 4 rings (SSSR count). The molecule has 0 bridgehead atoms. The fourth-order valence-electron chi connectivity index (χ4n) is 3.23. The maximum Gasteiger partial charge on any atom is 0.260 e. The maximum atomic E-state index is 13.6. The van der Waals surface area contributed by atoms with Crippen molar-refractivity contribution in [2.45, 2.75) is 26.5 Å². The number of hydrogen-bond acceptors (Lipinski definition) is 6. The van der Waals surface area contributed by atoms with Crippen molar-refractivity contribution < 1.29 is 14.3 Å². The van der Waals surface area contributed by atoms with E-state index < -0.39 is 0 Å². The first kappa shape index (κ1) is 22.0. The average Bonchev–Trinajstić information content (AvgIpc) is 3.24. The normalized spacial score (nSPS) is 11.0. The molecule has 2 aromatic heterocycles. The zero-order valence-electron chi connectivity index (χ0n) is 17.9. The average molecular weight is 468 g/mol. The van der Waals surface area contributed by atoms with Crippen molar-refractivity contribution in [3.05, 3.63) is 77.1 Å². The molecule has 0 radical (unpaired) electrons. The minimum absolute atomic E-state index is 0.0566. The number of thiazole rings is 1. The first-order valence-corrected chi connectivity index (χ1v) is 11.3. The third kappa shape index (κ3) is 4.69. The molecule has 0 atom stereocenters. The van der Waals surface area contributed by atoms with Gasteiger partial charge in [-0.2, -0.15) is 0 Å². The largest absolute Gasteiger partial charge is 0.494 e. The molecule has 0 aliphatic rings. The summed E-state index contributed by atoms with van der Waals surface area (Å²) in [4.78, 5) is 24.1. The van der Waals surface area contributed by atoms with E-state index in [1.165, 1.54) is 11.3 Å². The summed E-state index contributed by atoms with van der Waals surface area (Å²) in [6.45, 7) is 4.24. The Morgan fingerprint density at radius 2 is 1.94 bits per heavy atom. The third-order valence-electron chi connectivity index (χ3n) is 4.68. The minimum Gasteiger partial charge on any atom is -0.494 e. The number of carbonyl (C=O) groups excluding carboxylic acids is 1. The summed E-state index contributed by atoms with van der Waals surface area (Å²) in [5, 5.41) is 1.09. The van der Waals surface area contributed by atoms with Crippen LogP contribution in [0.25, 0.3) is 10.2 Å². The Morgan fingerprint density at radius 1 is 1.16 bits per heavy atom. The zero-order chi connectivity index (χ0) is 22.7. The lowest BCUT2D eigenvalue weighted by Gasteiger charge is -2.20. The summed E-state index contributed by atoms with van der Waals surface area (Å²) in [5.74, 6) is 1.14. The van der Waals surface area contributed by atoms with Crippen LogP contribution < -0.4 is 14.4 Å². The van der Waals surface area contributed by atoms with Crippen molar-refractivity contribution >= 4 is 44.2 Å². The van der Waals surface area contributed by atoms with Gasteiger partial charge in [0.25, 0.3) is 5.91 Å². The van der Waals surface area contributed by atoms with Gasteiger partial charge in [-0.15, -0.1) is 0 Å². The Morgan fingerprint density at radius 3 is 2.59 bits per heavy atom. The van der Waals surface area contributed by atoms with Gasteiger partial charge in [-0.05, 0) is 61.9 Å². The van der Waals surface area contributed by atoms with Gasteiger partial charge in [0.05, 0.1) is 29.5 Å². The number of rotatable bonds is 7. The number of benzene rings is 2. The van der Waals surface area contributed by atoms with E-state index in [0.29, 0.717) is 39.3 Å². The van der Waals surface area contributed by atoms with Crippen LogP contribution in [0.2, 0.25) is 5.02 Å². The van der Waals surface area contributed by atoms with Gasteiger partial charge in [0.15, 0.2) is 5.13 Å². The predicted molar refractivity (Wildman–Crippen MR) is 128 cm³/mol. The standard InChI is InChI=1S/C24H22ClN3O3S/c1-15(2)31-18-8-6-17(7-9-18)23(29)28(14-16-5-4-12-26-13-16)24-27-21-20(30-3)11-10-19(25)22(21)32-24/h4-13,15H,14H2,1-3H3. The van der Waals surface area contributed by atoms with Crippen LogP contribution in [0.4, 0.5) is 5.13 Å². The van der Waals surface area contributed by atoms with Crippen LogP contribution in [0.5, 0.6) is 11.5 Å². The molecular formula is C24H22ClN3O3S. The van der Waals surface area contributed by atoms with E-state index in [-0.39, 0.29) is 12.0 Å². The third-order valence-corrected chi connectivity index (χ3v) is 6.22. The van der Waals surface area contributed by atoms with Crippen molar-refractivity contribution in [1.29, 1.82) is 0 Å². The number of ether oxygens (including phenoxy) is 2. The van der Waals surface area contributed by atoms with Crippen molar-refractivity contribution in [2.24, 2.45) is 0 Å². The Labute approximate surface area is 195 Å². The lowest BCUT2D eigenvalue weighted by atomic mass is 10.1. The van der Waals surface area contributed by atoms with Crippen LogP contribution >= 0.6 is 22.9 Å². The lowest BCUT2D eigenvalue weighted by molar-refractivity contribution is 0.0985. The molecule has 8 heteroatoms. The van der Waals surface area contributed by atoms with E-state index in [4.69, 9.17) is 26.1 Å². The quantitative estimate of drug-likeness (QED) is 0.334. The van der Waals surface area contributed by atoms with E-state index in [0.717, 1.165) is 10.3 Å². The van der Waals surface area contributed by atoms with E-state index in [2.05, 4.69) is 4.98 Å². The van der Waals surface area contributed by atoms with Gasteiger partial charge in [0.2, 0.25) is 0 Å². The first-order chi connectivity index (χ1) is 15.5. The van der Waals surface area contributed by atoms with Gasteiger partial charge in [0, 0.05) is 18.0 Å². The highest BCUT2D eigenvalue weighted by Gasteiger charge is 2.24. The van der Waals surface area contributed by atoms with Crippen LogP contribution in [0, 0.1) is 0 Å². The summed E-state index contributed by atoms with van der Waals surface area (Å²) >= 11 is 7.76. The lowest BCUT2D eigenvalue weighted by Crippen LogP contribution is -2.30. The molecule has 2 heterocycles. The number of nitrogens with zero attached hydrogens (tertiary/aromatic N) is 3. The van der Waals surface area contributed by atoms with Crippen LogP contribution in [0.15, 0.2) is 60.9 Å². The molecule has 32 heavy (non-hydrogen) atoms. The topological polar surface area (TPSA) is 64.5 Å². The molecule has 0 aliphatic heterocycles. The number of halogens is 1. The molecule has 0 fully saturated rings. The molecule has 0 unspecified atom stereocenters. The molecule has 164 valence electrons. The van der Waals surface area contributed by atoms with Crippen molar-refractivity contribution in [1.82, 2.24) is 9.97 Å². The van der Waals surface area contributed by atoms with Gasteiger partial charge in [-0.3, -0.25) is 14.7 Å². The Kier molecular flexibility index (Phi) is 6.58. The number of methoxy groups -OCH3 is 1. The highest BCUT2D eigenvalue weighted by molar-refractivity contribution is 7.23. The number of fused-ring (bicyclic) bond motifs is 1. The first-order valence-electron chi connectivity index (χ1n) is 10.1. The van der Waals surface area contributed by atoms with Crippen molar-refractivity contribution in [3.63, 3.8) is 0 Å². The molecular weight excluding hydrogens is 446 g/mol. The van der Waals surface area contributed by atoms with Crippen LogP contribution in [-0.4, -0.2) is 29.1 Å². The molecule has 6 nitrogen and oxygen atoms in total. The van der Waals surface area contributed by atoms with Crippen LogP contribution in [0.3, 0.4) is 0 Å². The minimum atomic E-state index is -0.181. The van der Waals surface area contributed by atoms with Crippen LogP contribution in [0.1, 0.15) is 29.8 Å². The van der Waals surface area contributed by atoms with Crippen LogP contribution in [-0.2, 0) is 6.54 Å². The van der Waals surface area contributed by atoms with Crippen molar-refractivity contribution in [3.8, 4) is 11.5 Å². The highest BCUT2D eigenvalue weighted by Crippen LogP contribution is 2.39. The fourth-order valence-corrected chi connectivity index (χ4v) is 4.48. The highest BCUT2D eigenvalue weighted by atomic mass is 35.5. The molecule has 0 N–H and O–H groups in total. The number of pyridine rings is 1. The number of aromatic nitrogens is 2. The van der Waals surface area contributed by atoms with Gasteiger partial charge in [0.1, 0.15) is 17.0 Å². The Hall–Kier alpha value is -3.16. The summed E-state index contributed by atoms with van der Waals surface area (Å²) in [6.07, 6.45) is 3.49. The molecule has 0 saturated carbocycles. The summed E-state index contributed by atoms with van der Waals surface area (Å²) in [6, 6.07) is 14.4. The number of anilines is 1. The van der Waals surface area contributed by atoms with E-state index in [1.807, 2.05) is 26.0 Å². The molecule has 0 aliphatic carbocycles. The second kappa shape index (κ2) is 9.54. The molecule has 0 spiro atoms. The second-order valence-corrected chi connectivity index (χ2v) is 8.75. The Balaban J connectivity index is 1.74. The van der Waals surface area contributed by atoms with E-state index in [1.54, 1.807) is 60.8 Å². The second-order valence-electron chi connectivity index (χ2n) is 7.37. The van der Waals surface area contributed by atoms with Gasteiger partial charge in [-0.25, -0.2) is 4.98 Å². The zero-order valence-corrected chi connectivity index (χ0v) is 19.5. The monoisotopic (exact) mass is 467 g/mol. The summed E-state index contributed by atoms with van der Waals surface area (Å²) in [7, 11) is 1.58. The fraction of sp³-hybridized carbons (Fsp3) is 0.208. The maximum absolute atomic E-state index is 13.6. The SMILES string of the molecule is COc1ccc(Cl)c2sc(N(Cc3cccnc3)C(=O)c3ccc(OC(C)C)cc3)nc12. The van der Waals surface area contributed by atoms with E-state index >= 15 is 0 Å². The molecule has 4 aromatic rings. The predicted octanol–water partition coefficient (Wildman–Crippen LogP) is 5.99. The molecule has 2 aromatic carbocycles. The van der Waals surface area contributed by atoms with Gasteiger partial charge in [-0.1, -0.05) is 29.0 Å². The summed E-state index contributed by atoms with van der Waals surface area (Å²) in [5.41, 5.74) is 2.05. The van der Waals surface area contributed by atoms with E-state index in [9.17, 15) is 4.79 Å². The Bertz CT molecular complexity index is 1230. The molecule has 0 saturated heterocycles. The smallest absolute Gasteiger partial charge is 0.260 e. The number of hydrogen-bond donors (Lipinski definition) is 0. The molecule has 1 amide bonds. The van der Waals surface area contributed by atoms with Gasteiger partial charge < -0.3 is 9.47 Å². The number of amides is 1. The van der Waals surface area contributed by atoms with Gasteiger partial charge >= 0.3 is 0 Å². The summed E-state index contributed by atoms with van der Waals surface area (Å²) < 4.78 is 11.9. The van der Waals surface area contributed by atoms with Crippen molar-refractivity contribution in [2.75, 3.05) is 12.0 Å².